The van der Waals surface area contributed by atoms with Crippen LogP contribution in [0, 0.1) is 0 Å². The summed E-state index contributed by atoms with van der Waals surface area (Å²) in [5.41, 5.74) is 20.6. The van der Waals surface area contributed by atoms with E-state index in [2.05, 4.69) is 146 Å². The SMILES string of the molecule is c1ccc(-c2c3c(c(-c4ccccc4)c(-c4ccccc4)c2-c2ccccc2)Cc2c(c(C4CCCCC4)c4ccccc4c2C2CCCCC2)C3)cc1. The first-order valence-electron chi connectivity index (χ1n) is 20.8. The van der Waals surface area contributed by atoms with Gasteiger partial charge in [-0.1, -0.05) is 184 Å². The Morgan fingerprint density at radius 3 is 0.907 bits per heavy atom. The van der Waals surface area contributed by atoms with Crippen molar-refractivity contribution in [3.05, 3.63) is 179 Å². The largest absolute Gasteiger partial charge is 0.0622 e. The van der Waals surface area contributed by atoms with E-state index in [1.165, 1.54) is 120 Å². The van der Waals surface area contributed by atoms with Gasteiger partial charge in [-0.15, -0.1) is 0 Å². The van der Waals surface area contributed by atoms with Gasteiger partial charge in [0.15, 0.2) is 0 Å². The Kier molecular flexibility index (Phi) is 9.00. The van der Waals surface area contributed by atoms with Gasteiger partial charge < -0.3 is 0 Å². The molecule has 0 N–H and O–H groups in total. The van der Waals surface area contributed by atoms with Crippen LogP contribution in [-0.4, -0.2) is 0 Å². The summed E-state index contributed by atoms with van der Waals surface area (Å²) >= 11 is 0. The second kappa shape index (κ2) is 14.6. The van der Waals surface area contributed by atoms with Gasteiger partial charge >= 0.3 is 0 Å². The van der Waals surface area contributed by atoms with E-state index in [0.717, 1.165) is 12.8 Å². The normalized spacial score (nSPS) is 16.2. The summed E-state index contributed by atoms with van der Waals surface area (Å²) < 4.78 is 0. The fourth-order valence-corrected chi connectivity index (χ4v) is 11.0. The van der Waals surface area contributed by atoms with Gasteiger partial charge in [-0.25, -0.2) is 0 Å². The quantitative estimate of drug-likeness (QED) is 0.162. The van der Waals surface area contributed by atoms with Crippen molar-refractivity contribution in [2.45, 2.75) is 88.9 Å². The van der Waals surface area contributed by atoms with E-state index in [1.807, 2.05) is 0 Å². The Labute approximate surface area is 321 Å². The van der Waals surface area contributed by atoms with Crippen LogP contribution in [0.15, 0.2) is 146 Å². The van der Waals surface area contributed by atoms with Gasteiger partial charge in [-0.05, 0) is 139 Å². The van der Waals surface area contributed by atoms with Crippen LogP contribution in [0.1, 0.15) is 109 Å². The minimum Gasteiger partial charge on any atom is -0.0622 e. The average molecular weight is 699 g/mol. The predicted octanol–water partition coefficient (Wildman–Crippen LogP) is 15.1. The van der Waals surface area contributed by atoms with E-state index < -0.39 is 0 Å². The predicted molar refractivity (Wildman–Crippen MR) is 229 cm³/mol. The van der Waals surface area contributed by atoms with Crippen molar-refractivity contribution in [2.75, 3.05) is 0 Å². The van der Waals surface area contributed by atoms with Crippen LogP contribution in [0.25, 0.3) is 55.3 Å². The monoisotopic (exact) mass is 698 g/mol. The third kappa shape index (κ3) is 5.83. The van der Waals surface area contributed by atoms with E-state index in [0.29, 0.717) is 11.8 Å². The highest BCUT2D eigenvalue weighted by Crippen LogP contribution is 2.55. The molecule has 2 fully saturated rings. The number of benzene rings is 7. The molecule has 0 atom stereocenters. The first-order valence-corrected chi connectivity index (χ1v) is 20.8. The van der Waals surface area contributed by atoms with E-state index in [1.54, 1.807) is 33.0 Å². The molecule has 0 heterocycles. The minimum absolute atomic E-state index is 0.630. The van der Waals surface area contributed by atoms with Gasteiger partial charge in [-0.2, -0.15) is 0 Å². The zero-order valence-electron chi connectivity index (χ0n) is 31.5. The van der Waals surface area contributed by atoms with Crippen molar-refractivity contribution in [3.8, 4) is 44.5 Å². The zero-order valence-corrected chi connectivity index (χ0v) is 31.5. The van der Waals surface area contributed by atoms with Crippen LogP contribution >= 0.6 is 0 Å². The van der Waals surface area contributed by atoms with Crippen LogP contribution in [0.4, 0.5) is 0 Å². The molecule has 0 aromatic heterocycles. The Balaban J connectivity index is 1.37. The summed E-state index contributed by atoms with van der Waals surface area (Å²) in [4.78, 5) is 0. The first-order chi connectivity index (χ1) is 26.8. The van der Waals surface area contributed by atoms with E-state index in [-0.39, 0.29) is 0 Å². The number of hydrogen-bond donors (Lipinski definition) is 0. The smallest absolute Gasteiger partial charge is 0.00103 e. The lowest BCUT2D eigenvalue weighted by Gasteiger charge is -2.37. The van der Waals surface area contributed by atoms with Crippen LogP contribution < -0.4 is 0 Å². The van der Waals surface area contributed by atoms with Crippen molar-refractivity contribution < 1.29 is 0 Å². The van der Waals surface area contributed by atoms with Crippen molar-refractivity contribution in [2.24, 2.45) is 0 Å². The standard InChI is InChI=1S/C54H50/c1-7-21-37(22-8-1)49-43-33-19-20-34-44(43)50(38-23-9-2-10-24-38)46-36-48-47(35-45(46)49)51(39-25-11-3-12-26-39)53(41-29-15-5-16-30-41)54(42-31-17-6-18-32-42)52(48)40-27-13-4-14-28-40/h3-6,11-20,25-34,37-38H,1-2,7-10,21-24,35-36H2. The molecule has 0 saturated heterocycles. The second-order valence-electron chi connectivity index (χ2n) is 16.3. The summed E-state index contributed by atoms with van der Waals surface area (Å²) in [7, 11) is 0. The third-order valence-electron chi connectivity index (χ3n) is 13.2. The zero-order chi connectivity index (χ0) is 35.8. The van der Waals surface area contributed by atoms with Crippen LogP contribution in [0.3, 0.4) is 0 Å². The van der Waals surface area contributed by atoms with Gasteiger partial charge in [0, 0.05) is 0 Å². The van der Waals surface area contributed by atoms with Crippen molar-refractivity contribution in [1.82, 2.24) is 0 Å². The van der Waals surface area contributed by atoms with Gasteiger partial charge in [0.2, 0.25) is 0 Å². The molecule has 0 aliphatic heterocycles. The lowest BCUT2D eigenvalue weighted by atomic mass is 9.66. The van der Waals surface area contributed by atoms with Crippen LogP contribution in [0.5, 0.6) is 0 Å². The molecular weight excluding hydrogens is 649 g/mol. The average Bonchev–Trinajstić information content (AvgIpc) is 3.26. The molecule has 0 spiro atoms. The Hall–Kier alpha value is -5.20. The minimum atomic E-state index is 0.630. The summed E-state index contributed by atoms with van der Waals surface area (Å²) in [6.07, 6.45) is 15.4. The van der Waals surface area contributed by atoms with E-state index in [4.69, 9.17) is 0 Å². The fourth-order valence-electron chi connectivity index (χ4n) is 11.0. The van der Waals surface area contributed by atoms with E-state index >= 15 is 0 Å². The van der Waals surface area contributed by atoms with Crippen LogP contribution in [-0.2, 0) is 12.8 Å². The lowest BCUT2D eigenvalue weighted by molar-refractivity contribution is 0.438. The molecule has 3 aliphatic carbocycles. The molecule has 10 rings (SSSR count). The Morgan fingerprint density at radius 2 is 0.574 bits per heavy atom. The molecule has 0 bridgehead atoms. The second-order valence-corrected chi connectivity index (χ2v) is 16.3. The number of fused-ring (bicyclic) bond motifs is 3. The maximum absolute atomic E-state index is 2.50. The van der Waals surface area contributed by atoms with Crippen molar-refractivity contribution in [1.29, 1.82) is 0 Å². The molecule has 0 nitrogen and oxygen atoms in total. The summed E-state index contributed by atoms with van der Waals surface area (Å²) in [6, 6.07) is 55.0. The molecule has 0 amide bonds. The maximum atomic E-state index is 2.50. The highest BCUT2D eigenvalue weighted by atomic mass is 14.4. The summed E-state index contributed by atoms with van der Waals surface area (Å²) in [5.74, 6) is 1.26. The molecule has 0 unspecified atom stereocenters. The molecule has 0 heteroatoms. The summed E-state index contributed by atoms with van der Waals surface area (Å²) in [5, 5.41) is 3.11. The Bertz CT molecular complexity index is 2240. The van der Waals surface area contributed by atoms with Gasteiger partial charge in [0.25, 0.3) is 0 Å². The molecule has 0 radical (unpaired) electrons. The van der Waals surface area contributed by atoms with Gasteiger partial charge in [0.05, 0.1) is 0 Å². The first kappa shape index (κ1) is 33.4. The van der Waals surface area contributed by atoms with Crippen molar-refractivity contribution in [3.63, 3.8) is 0 Å². The molecule has 266 valence electrons. The molecule has 2 saturated carbocycles. The lowest BCUT2D eigenvalue weighted by Crippen LogP contribution is -2.21. The summed E-state index contributed by atoms with van der Waals surface area (Å²) in [6.45, 7) is 0. The molecule has 7 aromatic rings. The molecular formula is C54H50. The highest BCUT2D eigenvalue weighted by Gasteiger charge is 2.36. The molecule has 3 aliphatic rings. The maximum Gasteiger partial charge on any atom is -0.00103 e. The van der Waals surface area contributed by atoms with Gasteiger partial charge in [0.1, 0.15) is 0 Å². The Morgan fingerprint density at radius 1 is 0.278 bits per heavy atom. The van der Waals surface area contributed by atoms with E-state index in [9.17, 15) is 0 Å². The number of rotatable bonds is 6. The highest BCUT2D eigenvalue weighted by molar-refractivity contribution is 6.05. The van der Waals surface area contributed by atoms with Crippen LogP contribution in [0.2, 0.25) is 0 Å². The van der Waals surface area contributed by atoms with Gasteiger partial charge in [-0.3, -0.25) is 0 Å². The fraction of sp³-hybridized carbons (Fsp3) is 0.259. The topological polar surface area (TPSA) is 0 Å². The molecule has 7 aromatic carbocycles. The molecule has 54 heavy (non-hydrogen) atoms. The van der Waals surface area contributed by atoms with Crippen molar-refractivity contribution >= 4 is 10.8 Å². The number of hydrogen-bond acceptors (Lipinski definition) is 0. The third-order valence-corrected chi connectivity index (χ3v) is 13.2.